The van der Waals surface area contributed by atoms with Gasteiger partial charge in [-0.15, -0.1) is 0 Å². The maximum absolute atomic E-state index is 5.31. The van der Waals surface area contributed by atoms with Crippen molar-refractivity contribution in [3.05, 3.63) is 29.8 Å². The van der Waals surface area contributed by atoms with Crippen LogP contribution in [-0.2, 0) is 0 Å². The molecular formula is C16H27NO. The van der Waals surface area contributed by atoms with Gasteiger partial charge in [0.1, 0.15) is 5.75 Å². The number of ether oxygens (including phenoxy) is 1. The third kappa shape index (κ3) is 4.69. The molecule has 0 bridgehead atoms. The average molecular weight is 249 g/mol. The lowest BCUT2D eigenvalue weighted by Gasteiger charge is -2.22. The molecule has 0 saturated carbocycles. The van der Waals surface area contributed by atoms with Gasteiger partial charge in [-0.25, -0.2) is 0 Å². The fourth-order valence-electron chi connectivity index (χ4n) is 2.45. The Morgan fingerprint density at radius 3 is 2.67 bits per heavy atom. The Bertz CT molecular complexity index is 338. The van der Waals surface area contributed by atoms with Crippen LogP contribution in [0.5, 0.6) is 5.75 Å². The van der Waals surface area contributed by atoms with Crippen molar-refractivity contribution in [1.29, 1.82) is 0 Å². The van der Waals surface area contributed by atoms with Crippen molar-refractivity contribution in [3.63, 3.8) is 0 Å². The fraction of sp³-hybridized carbons (Fsp3) is 0.625. The lowest BCUT2D eigenvalue weighted by Crippen LogP contribution is -2.23. The van der Waals surface area contributed by atoms with Crippen molar-refractivity contribution in [2.24, 2.45) is 5.92 Å². The van der Waals surface area contributed by atoms with Gasteiger partial charge in [0.05, 0.1) is 7.11 Å². The summed E-state index contributed by atoms with van der Waals surface area (Å²) in [5.74, 6) is 1.70. The predicted octanol–water partition coefficient (Wildman–Crippen LogP) is 4.17. The Balaban J connectivity index is 2.75. The van der Waals surface area contributed by atoms with E-state index < -0.39 is 0 Å². The maximum atomic E-state index is 5.31. The molecule has 2 heteroatoms. The van der Waals surface area contributed by atoms with Gasteiger partial charge >= 0.3 is 0 Å². The van der Waals surface area contributed by atoms with E-state index in [1.54, 1.807) is 7.11 Å². The van der Waals surface area contributed by atoms with Crippen molar-refractivity contribution >= 4 is 0 Å². The highest BCUT2D eigenvalue weighted by Crippen LogP contribution is 2.26. The van der Waals surface area contributed by atoms with Gasteiger partial charge < -0.3 is 10.1 Å². The molecule has 0 amide bonds. The average Bonchev–Trinajstić information content (AvgIpc) is 2.38. The summed E-state index contributed by atoms with van der Waals surface area (Å²) in [4.78, 5) is 0. The first-order valence-corrected chi connectivity index (χ1v) is 7.08. The number of hydrogen-bond donors (Lipinski definition) is 1. The first-order chi connectivity index (χ1) is 8.71. The van der Waals surface area contributed by atoms with Gasteiger partial charge in [-0.1, -0.05) is 45.7 Å². The second kappa shape index (κ2) is 8.15. The standard InChI is InChI=1S/C16H27NO/c1-5-8-13(3)11-16(17-6-2)14-9-7-10-15(12-14)18-4/h7,9-10,12-13,16-17H,5-6,8,11H2,1-4H3. The van der Waals surface area contributed by atoms with Gasteiger partial charge in [-0.3, -0.25) is 0 Å². The zero-order valence-corrected chi connectivity index (χ0v) is 12.2. The number of methoxy groups -OCH3 is 1. The molecule has 1 aromatic rings. The Hall–Kier alpha value is -1.02. The molecule has 18 heavy (non-hydrogen) atoms. The first-order valence-electron chi connectivity index (χ1n) is 7.08. The molecule has 1 N–H and O–H groups in total. The van der Waals surface area contributed by atoms with Crippen LogP contribution in [0.15, 0.2) is 24.3 Å². The van der Waals surface area contributed by atoms with E-state index in [4.69, 9.17) is 4.74 Å². The van der Waals surface area contributed by atoms with Gasteiger partial charge in [-0.05, 0) is 36.6 Å². The largest absolute Gasteiger partial charge is 0.497 e. The van der Waals surface area contributed by atoms with Gasteiger partial charge in [0.15, 0.2) is 0 Å². The second-order valence-corrected chi connectivity index (χ2v) is 5.02. The lowest BCUT2D eigenvalue weighted by molar-refractivity contribution is 0.390. The van der Waals surface area contributed by atoms with Crippen LogP contribution in [-0.4, -0.2) is 13.7 Å². The molecule has 0 aliphatic carbocycles. The van der Waals surface area contributed by atoms with Gasteiger partial charge in [0.2, 0.25) is 0 Å². The summed E-state index contributed by atoms with van der Waals surface area (Å²) in [5, 5.41) is 3.58. The van der Waals surface area contributed by atoms with E-state index in [0.29, 0.717) is 6.04 Å². The van der Waals surface area contributed by atoms with Crippen LogP contribution in [0.1, 0.15) is 51.6 Å². The number of benzene rings is 1. The predicted molar refractivity (Wildman–Crippen MR) is 78.1 cm³/mol. The Kier molecular flexibility index (Phi) is 6.81. The van der Waals surface area contributed by atoms with E-state index in [-0.39, 0.29) is 0 Å². The number of nitrogens with one attached hydrogen (secondary N) is 1. The van der Waals surface area contributed by atoms with Crippen LogP contribution < -0.4 is 10.1 Å². The molecule has 0 fully saturated rings. The Labute approximate surface area is 112 Å². The highest BCUT2D eigenvalue weighted by atomic mass is 16.5. The van der Waals surface area contributed by atoms with Crippen molar-refractivity contribution in [3.8, 4) is 5.75 Å². The summed E-state index contributed by atoms with van der Waals surface area (Å²) in [6, 6.07) is 8.84. The van der Waals surface area contributed by atoms with Gasteiger partial charge in [0.25, 0.3) is 0 Å². The minimum Gasteiger partial charge on any atom is -0.497 e. The molecule has 0 aromatic heterocycles. The Morgan fingerprint density at radius 1 is 1.28 bits per heavy atom. The van der Waals surface area contributed by atoms with Crippen LogP contribution in [0.4, 0.5) is 0 Å². The zero-order valence-electron chi connectivity index (χ0n) is 12.2. The molecular weight excluding hydrogens is 222 g/mol. The van der Waals surface area contributed by atoms with E-state index in [1.807, 2.05) is 6.07 Å². The Morgan fingerprint density at radius 2 is 2.06 bits per heavy atom. The quantitative estimate of drug-likeness (QED) is 0.746. The third-order valence-electron chi connectivity index (χ3n) is 3.37. The molecule has 1 rings (SSSR count). The summed E-state index contributed by atoms with van der Waals surface area (Å²) in [5.41, 5.74) is 1.33. The molecule has 0 saturated heterocycles. The lowest BCUT2D eigenvalue weighted by atomic mass is 9.93. The first kappa shape index (κ1) is 15.0. The molecule has 102 valence electrons. The smallest absolute Gasteiger partial charge is 0.119 e. The summed E-state index contributed by atoms with van der Waals surface area (Å²) in [6.07, 6.45) is 3.75. The SMILES string of the molecule is CCCC(C)CC(NCC)c1cccc(OC)c1. The zero-order chi connectivity index (χ0) is 13.4. The summed E-state index contributed by atoms with van der Waals surface area (Å²) >= 11 is 0. The van der Waals surface area contributed by atoms with Crippen molar-refractivity contribution < 1.29 is 4.74 Å². The van der Waals surface area contributed by atoms with Crippen LogP contribution in [0.25, 0.3) is 0 Å². The normalized spacial score (nSPS) is 14.2. The van der Waals surface area contributed by atoms with E-state index in [1.165, 1.54) is 24.8 Å². The van der Waals surface area contributed by atoms with Crippen LogP contribution >= 0.6 is 0 Å². The summed E-state index contributed by atoms with van der Waals surface area (Å²) in [7, 11) is 1.72. The van der Waals surface area contributed by atoms with Crippen LogP contribution in [0.3, 0.4) is 0 Å². The van der Waals surface area contributed by atoms with Crippen molar-refractivity contribution in [2.75, 3.05) is 13.7 Å². The molecule has 0 radical (unpaired) electrons. The molecule has 0 heterocycles. The monoisotopic (exact) mass is 249 g/mol. The molecule has 2 unspecified atom stereocenters. The van der Waals surface area contributed by atoms with Crippen LogP contribution in [0.2, 0.25) is 0 Å². The second-order valence-electron chi connectivity index (χ2n) is 5.02. The highest BCUT2D eigenvalue weighted by Gasteiger charge is 2.14. The van der Waals surface area contributed by atoms with Crippen LogP contribution in [0, 0.1) is 5.92 Å². The molecule has 2 atom stereocenters. The maximum Gasteiger partial charge on any atom is 0.119 e. The highest BCUT2D eigenvalue weighted by molar-refractivity contribution is 5.30. The minimum absolute atomic E-state index is 0.437. The van der Waals surface area contributed by atoms with E-state index in [2.05, 4.69) is 44.3 Å². The molecule has 0 aliphatic heterocycles. The number of hydrogen-bond acceptors (Lipinski definition) is 2. The van der Waals surface area contributed by atoms with Crippen molar-refractivity contribution in [1.82, 2.24) is 5.32 Å². The van der Waals surface area contributed by atoms with Crippen molar-refractivity contribution in [2.45, 2.75) is 46.1 Å². The van der Waals surface area contributed by atoms with E-state index >= 15 is 0 Å². The molecule has 0 aliphatic rings. The van der Waals surface area contributed by atoms with E-state index in [0.717, 1.165) is 18.2 Å². The summed E-state index contributed by atoms with van der Waals surface area (Å²) in [6.45, 7) is 7.76. The number of rotatable bonds is 8. The molecule has 0 spiro atoms. The summed E-state index contributed by atoms with van der Waals surface area (Å²) < 4.78 is 5.31. The topological polar surface area (TPSA) is 21.3 Å². The molecule has 2 nitrogen and oxygen atoms in total. The fourth-order valence-corrected chi connectivity index (χ4v) is 2.45. The van der Waals surface area contributed by atoms with E-state index in [9.17, 15) is 0 Å². The minimum atomic E-state index is 0.437. The van der Waals surface area contributed by atoms with Gasteiger partial charge in [-0.2, -0.15) is 0 Å². The third-order valence-corrected chi connectivity index (χ3v) is 3.37. The van der Waals surface area contributed by atoms with Gasteiger partial charge in [0, 0.05) is 6.04 Å². The molecule has 1 aromatic carbocycles.